The summed E-state index contributed by atoms with van der Waals surface area (Å²) < 4.78 is 0. The Hall–Kier alpha value is -2.87. The predicted octanol–water partition coefficient (Wildman–Crippen LogP) is 5.35. The largest absolute Gasteiger partial charge is 0.481 e. The molecule has 0 heterocycles. The second kappa shape index (κ2) is 9.00. The minimum Gasteiger partial charge on any atom is -0.481 e. The number of hydrogen-bond donors (Lipinski definition) is 1. The van der Waals surface area contributed by atoms with E-state index in [0.717, 1.165) is 24.0 Å². The van der Waals surface area contributed by atoms with Crippen LogP contribution in [0.3, 0.4) is 0 Å². The smallest absolute Gasteiger partial charge is 0.307 e. The summed E-state index contributed by atoms with van der Waals surface area (Å²) in [7, 11) is 0. The third-order valence-corrected chi connectivity index (χ3v) is 4.92. The fourth-order valence-electron chi connectivity index (χ4n) is 3.54. The number of carboxylic acid groups (broad SMARTS) is 1. The van der Waals surface area contributed by atoms with E-state index in [-0.39, 0.29) is 5.92 Å². The highest BCUT2D eigenvalue weighted by atomic mass is 16.4. The molecule has 3 aromatic rings. The van der Waals surface area contributed by atoms with Crippen LogP contribution in [-0.4, -0.2) is 11.1 Å². The summed E-state index contributed by atoms with van der Waals surface area (Å²) in [6, 6.07) is 30.3. The molecular weight excluding hydrogens is 320 g/mol. The summed E-state index contributed by atoms with van der Waals surface area (Å²) >= 11 is 0. The van der Waals surface area contributed by atoms with Crippen molar-refractivity contribution in [3.05, 3.63) is 108 Å². The van der Waals surface area contributed by atoms with Crippen LogP contribution in [0.1, 0.15) is 29.0 Å². The maximum absolute atomic E-state index is 12.1. The van der Waals surface area contributed by atoms with E-state index in [0.29, 0.717) is 6.42 Å². The maximum atomic E-state index is 12.1. The van der Waals surface area contributed by atoms with E-state index >= 15 is 0 Å². The van der Waals surface area contributed by atoms with E-state index in [9.17, 15) is 9.90 Å². The highest BCUT2D eigenvalue weighted by molar-refractivity contribution is 5.72. The van der Waals surface area contributed by atoms with Crippen LogP contribution < -0.4 is 0 Å². The molecule has 0 radical (unpaired) electrons. The van der Waals surface area contributed by atoms with E-state index in [2.05, 4.69) is 24.3 Å². The lowest BCUT2D eigenvalue weighted by molar-refractivity contribution is -0.142. The molecule has 0 saturated heterocycles. The summed E-state index contributed by atoms with van der Waals surface area (Å²) in [6.07, 6.45) is 2.24. The zero-order chi connectivity index (χ0) is 18.2. The van der Waals surface area contributed by atoms with Crippen LogP contribution in [-0.2, 0) is 17.6 Å². The number of carboxylic acids is 1. The third-order valence-electron chi connectivity index (χ3n) is 4.92. The van der Waals surface area contributed by atoms with Crippen LogP contribution in [0.25, 0.3) is 0 Å². The van der Waals surface area contributed by atoms with Gasteiger partial charge in [-0.15, -0.1) is 0 Å². The Morgan fingerprint density at radius 2 is 1.23 bits per heavy atom. The molecule has 2 atom stereocenters. The van der Waals surface area contributed by atoms with Crippen LogP contribution in [0.5, 0.6) is 0 Å². The van der Waals surface area contributed by atoms with E-state index < -0.39 is 11.9 Å². The van der Waals surface area contributed by atoms with Crippen molar-refractivity contribution in [1.82, 2.24) is 0 Å². The SMILES string of the molecule is O=C(O)C(Cc1ccccc1)C(CCc1ccccc1)c1ccccc1. The Bertz CT molecular complexity index is 797. The van der Waals surface area contributed by atoms with Crippen LogP contribution in [0.4, 0.5) is 0 Å². The standard InChI is InChI=1S/C24H24O2/c25-24(26)23(18-20-12-6-2-7-13-20)22(21-14-8-3-9-15-21)17-16-19-10-4-1-5-11-19/h1-15,22-23H,16-18H2,(H,25,26). The van der Waals surface area contributed by atoms with Crippen LogP contribution in [0.2, 0.25) is 0 Å². The predicted molar refractivity (Wildman–Crippen MR) is 105 cm³/mol. The van der Waals surface area contributed by atoms with Gasteiger partial charge in [-0.2, -0.15) is 0 Å². The summed E-state index contributed by atoms with van der Waals surface area (Å²) in [4.78, 5) is 12.1. The van der Waals surface area contributed by atoms with Gasteiger partial charge < -0.3 is 5.11 Å². The third kappa shape index (κ3) is 4.82. The van der Waals surface area contributed by atoms with Crippen molar-refractivity contribution in [2.45, 2.75) is 25.2 Å². The monoisotopic (exact) mass is 344 g/mol. The number of carbonyl (C=O) groups is 1. The number of rotatable bonds is 8. The Morgan fingerprint density at radius 1 is 0.731 bits per heavy atom. The number of aryl methyl sites for hydroxylation is 1. The van der Waals surface area contributed by atoms with Gasteiger partial charge in [0.1, 0.15) is 0 Å². The lowest BCUT2D eigenvalue weighted by Gasteiger charge is -2.25. The highest BCUT2D eigenvalue weighted by Crippen LogP contribution is 2.32. The van der Waals surface area contributed by atoms with Gasteiger partial charge in [0.15, 0.2) is 0 Å². The molecule has 2 unspecified atom stereocenters. The van der Waals surface area contributed by atoms with E-state index in [1.54, 1.807) is 0 Å². The average Bonchev–Trinajstić information content (AvgIpc) is 2.69. The molecule has 1 N–H and O–H groups in total. The molecule has 0 saturated carbocycles. The normalized spacial score (nSPS) is 13.1. The Labute approximate surface area is 155 Å². The average molecular weight is 344 g/mol. The quantitative estimate of drug-likeness (QED) is 0.598. The van der Waals surface area contributed by atoms with Gasteiger partial charge >= 0.3 is 5.97 Å². The lowest BCUT2D eigenvalue weighted by Crippen LogP contribution is -2.25. The minimum absolute atomic E-state index is 0.0193. The molecule has 0 amide bonds. The summed E-state index contributed by atoms with van der Waals surface area (Å²) in [6.45, 7) is 0. The molecular formula is C24H24O2. The van der Waals surface area contributed by atoms with Gasteiger partial charge in [0.25, 0.3) is 0 Å². The van der Waals surface area contributed by atoms with Crippen molar-refractivity contribution >= 4 is 5.97 Å². The van der Waals surface area contributed by atoms with Crippen molar-refractivity contribution in [2.75, 3.05) is 0 Å². The number of hydrogen-bond acceptors (Lipinski definition) is 1. The zero-order valence-electron chi connectivity index (χ0n) is 14.8. The first-order valence-corrected chi connectivity index (χ1v) is 9.09. The van der Waals surface area contributed by atoms with Gasteiger partial charge in [-0.05, 0) is 41.9 Å². The fourth-order valence-corrected chi connectivity index (χ4v) is 3.54. The van der Waals surface area contributed by atoms with Gasteiger partial charge in [-0.25, -0.2) is 0 Å². The Morgan fingerprint density at radius 3 is 1.77 bits per heavy atom. The van der Waals surface area contributed by atoms with Crippen molar-refractivity contribution in [3.8, 4) is 0 Å². The van der Waals surface area contributed by atoms with Gasteiger partial charge in [-0.1, -0.05) is 91.0 Å². The molecule has 2 nitrogen and oxygen atoms in total. The van der Waals surface area contributed by atoms with E-state index in [1.807, 2.05) is 66.7 Å². The van der Waals surface area contributed by atoms with Crippen molar-refractivity contribution in [1.29, 1.82) is 0 Å². The van der Waals surface area contributed by atoms with Crippen molar-refractivity contribution < 1.29 is 9.90 Å². The first-order chi connectivity index (χ1) is 12.7. The molecule has 26 heavy (non-hydrogen) atoms. The van der Waals surface area contributed by atoms with Crippen LogP contribution in [0, 0.1) is 5.92 Å². The second-order valence-corrected chi connectivity index (χ2v) is 6.68. The summed E-state index contributed by atoms with van der Waals surface area (Å²) in [5, 5.41) is 9.96. The summed E-state index contributed by atoms with van der Waals surface area (Å²) in [5.41, 5.74) is 3.42. The maximum Gasteiger partial charge on any atom is 0.307 e. The zero-order valence-corrected chi connectivity index (χ0v) is 14.8. The molecule has 132 valence electrons. The fraction of sp³-hybridized carbons (Fsp3) is 0.208. The molecule has 0 aliphatic carbocycles. The Kier molecular flexibility index (Phi) is 6.21. The second-order valence-electron chi connectivity index (χ2n) is 6.68. The summed E-state index contributed by atoms with van der Waals surface area (Å²) in [5.74, 6) is -1.19. The van der Waals surface area contributed by atoms with Gasteiger partial charge in [0.2, 0.25) is 0 Å². The lowest BCUT2D eigenvalue weighted by atomic mass is 9.79. The van der Waals surface area contributed by atoms with E-state index in [1.165, 1.54) is 5.56 Å². The molecule has 3 rings (SSSR count). The topological polar surface area (TPSA) is 37.3 Å². The van der Waals surface area contributed by atoms with Gasteiger partial charge in [-0.3, -0.25) is 4.79 Å². The number of aliphatic carboxylic acids is 1. The molecule has 0 bridgehead atoms. The molecule has 0 spiro atoms. The van der Waals surface area contributed by atoms with Crippen LogP contribution in [0.15, 0.2) is 91.0 Å². The van der Waals surface area contributed by atoms with Crippen molar-refractivity contribution in [3.63, 3.8) is 0 Å². The molecule has 0 fully saturated rings. The number of benzene rings is 3. The molecule has 0 aliphatic rings. The highest BCUT2D eigenvalue weighted by Gasteiger charge is 2.29. The molecule has 2 heteroatoms. The molecule has 0 aliphatic heterocycles. The minimum atomic E-state index is -0.726. The molecule has 3 aromatic carbocycles. The first kappa shape index (κ1) is 17.9. The Balaban J connectivity index is 1.85. The van der Waals surface area contributed by atoms with Crippen molar-refractivity contribution in [2.24, 2.45) is 5.92 Å². The van der Waals surface area contributed by atoms with Gasteiger partial charge in [0.05, 0.1) is 5.92 Å². The molecule has 0 aromatic heterocycles. The first-order valence-electron chi connectivity index (χ1n) is 9.09. The van der Waals surface area contributed by atoms with Crippen LogP contribution >= 0.6 is 0 Å². The van der Waals surface area contributed by atoms with E-state index in [4.69, 9.17) is 0 Å². The van der Waals surface area contributed by atoms with Gasteiger partial charge in [0, 0.05) is 0 Å².